The zero-order valence-corrected chi connectivity index (χ0v) is 7.44. The van der Waals surface area contributed by atoms with Gasteiger partial charge in [-0.3, -0.25) is 0 Å². The van der Waals surface area contributed by atoms with Gasteiger partial charge >= 0.3 is 18.3 Å². The maximum atomic E-state index is 12.2. The molecule has 0 heterocycles. The molecule has 0 aliphatic heterocycles. The molecule has 84 valence electrons. The van der Waals surface area contributed by atoms with E-state index in [0.29, 0.717) is 0 Å². The Morgan fingerprint density at radius 1 is 1.43 bits per heavy atom. The van der Waals surface area contributed by atoms with Gasteiger partial charge < -0.3 is 9.47 Å². The first-order valence-corrected chi connectivity index (χ1v) is 3.79. The highest BCUT2D eigenvalue weighted by Crippen LogP contribution is 2.22. The molecule has 0 aromatic heterocycles. The molecule has 0 N–H and O–H groups in total. The highest BCUT2D eigenvalue weighted by Gasteiger charge is 2.41. The van der Waals surface area contributed by atoms with Crippen molar-refractivity contribution in [3.8, 4) is 0 Å². The van der Waals surface area contributed by atoms with Crippen LogP contribution in [0, 0.1) is 0 Å². The lowest BCUT2D eigenvalue weighted by molar-refractivity contribution is -0.175. The van der Waals surface area contributed by atoms with Gasteiger partial charge in [0.2, 0.25) is 0 Å². The molecule has 0 saturated carbocycles. The molecule has 0 fully saturated rings. The maximum absolute atomic E-state index is 12.2. The summed E-state index contributed by atoms with van der Waals surface area (Å²) >= 11 is 0. The molecule has 0 rings (SSSR count). The van der Waals surface area contributed by atoms with Gasteiger partial charge in [-0.1, -0.05) is 0 Å². The molecule has 3 nitrogen and oxygen atoms in total. The zero-order valence-electron chi connectivity index (χ0n) is 7.44. The van der Waals surface area contributed by atoms with Gasteiger partial charge in [0.1, 0.15) is 13.2 Å². The van der Waals surface area contributed by atoms with E-state index >= 15 is 0 Å². The van der Waals surface area contributed by atoms with Crippen molar-refractivity contribution in [2.24, 2.45) is 0 Å². The van der Waals surface area contributed by atoms with E-state index < -0.39 is 31.5 Å². The van der Waals surface area contributed by atoms with Gasteiger partial charge in [-0.15, -0.1) is 0 Å². The molecule has 0 aromatic carbocycles. The van der Waals surface area contributed by atoms with Crippen LogP contribution in [0.2, 0.25) is 0 Å². The van der Waals surface area contributed by atoms with E-state index in [1.165, 1.54) is 6.92 Å². The van der Waals surface area contributed by atoms with Crippen molar-refractivity contribution < 1.29 is 31.8 Å². The van der Waals surface area contributed by atoms with Gasteiger partial charge in [-0.2, -0.15) is 8.78 Å². The molecule has 0 amide bonds. The molecule has 0 aromatic rings. The third kappa shape index (κ3) is 5.00. The van der Waals surface area contributed by atoms with E-state index in [-0.39, 0.29) is 6.61 Å². The van der Waals surface area contributed by atoms with Gasteiger partial charge in [0.25, 0.3) is 0 Å². The van der Waals surface area contributed by atoms with Crippen LogP contribution in [0.25, 0.3) is 0 Å². The quantitative estimate of drug-likeness (QED) is 0.500. The predicted octanol–water partition coefficient (Wildman–Crippen LogP) is 1.47. The van der Waals surface area contributed by atoms with Crippen LogP contribution in [-0.4, -0.2) is 38.1 Å². The number of hydrogen-bond acceptors (Lipinski definition) is 3. The molecule has 0 aliphatic carbocycles. The minimum absolute atomic E-state index is 0.0768. The molecule has 0 radical (unpaired) electrons. The van der Waals surface area contributed by atoms with Crippen LogP contribution in [0.3, 0.4) is 0 Å². The van der Waals surface area contributed by atoms with Crippen LogP contribution < -0.4 is 0 Å². The van der Waals surface area contributed by atoms with E-state index in [2.05, 4.69) is 9.47 Å². The fraction of sp³-hybridized carbons (Fsp3) is 0.857. The fourth-order valence-corrected chi connectivity index (χ4v) is 0.536. The average molecular weight is 218 g/mol. The Hall–Kier alpha value is -0.850. The maximum Gasteiger partial charge on any atom is 0.332 e. The van der Waals surface area contributed by atoms with Crippen LogP contribution in [0.15, 0.2) is 0 Å². The van der Waals surface area contributed by atoms with Crippen molar-refractivity contribution in [1.82, 2.24) is 0 Å². The number of carbonyl (C=O) groups is 1. The van der Waals surface area contributed by atoms with Crippen molar-refractivity contribution in [3.63, 3.8) is 0 Å². The van der Waals surface area contributed by atoms with Crippen molar-refractivity contribution >= 4 is 5.97 Å². The van der Waals surface area contributed by atoms with Crippen molar-refractivity contribution in [1.29, 1.82) is 0 Å². The summed E-state index contributed by atoms with van der Waals surface area (Å²) < 4.78 is 55.8. The summed E-state index contributed by atoms with van der Waals surface area (Å²) in [6, 6.07) is 0. The Morgan fingerprint density at radius 2 is 2.00 bits per heavy atom. The van der Waals surface area contributed by atoms with Crippen molar-refractivity contribution in [2.45, 2.75) is 19.3 Å². The number of esters is 1. The fourth-order valence-electron chi connectivity index (χ4n) is 0.536. The second-order valence-electron chi connectivity index (χ2n) is 2.36. The zero-order chi connectivity index (χ0) is 11.2. The van der Waals surface area contributed by atoms with Crippen LogP contribution in [0.4, 0.5) is 17.6 Å². The molecular formula is C7H10F4O3. The number of halogens is 4. The summed E-state index contributed by atoms with van der Waals surface area (Å²) in [6.45, 7) is -0.654. The van der Waals surface area contributed by atoms with Crippen LogP contribution >= 0.6 is 0 Å². The summed E-state index contributed by atoms with van der Waals surface area (Å²) in [6.07, 6.45) is -3.80. The van der Waals surface area contributed by atoms with E-state index in [0.717, 1.165) is 0 Å². The van der Waals surface area contributed by atoms with Gasteiger partial charge in [0, 0.05) is 0 Å². The summed E-state index contributed by atoms with van der Waals surface area (Å²) in [5.74, 6) is -5.09. The third-order valence-electron chi connectivity index (χ3n) is 1.14. The number of ether oxygens (including phenoxy) is 2. The standard InChI is InChI=1S/C7H10F4O3/c1-2-14-5(12)3-13-4-7(10,11)6(8)9/h6H,2-4H2,1H3. The third-order valence-corrected chi connectivity index (χ3v) is 1.14. The Morgan fingerprint density at radius 3 is 2.43 bits per heavy atom. The molecule has 0 saturated heterocycles. The predicted molar refractivity (Wildman–Crippen MR) is 38.4 cm³/mol. The second-order valence-corrected chi connectivity index (χ2v) is 2.36. The van der Waals surface area contributed by atoms with Crippen LogP contribution in [0.1, 0.15) is 6.92 Å². The first-order valence-electron chi connectivity index (χ1n) is 3.79. The normalized spacial score (nSPS) is 11.9. The molecule has 14 heavy (non-hydrogen) atoms. The number of hydrogen-bond donors (Lipinski definition) is 0. The molecule has 0 bridgehead atoms. The molecule has 0 spiro atoms. The van der Waals surface area contributed by atoms with E-state index in [1.807, 2.05) is 0 Å². The lowest BCUT2D eigenvalue weighted by Crippen LogP contribution is -2.33. The van der Waals surface area contributed by atoms with Crippen LogP contribution in [-0.2, 0) is 14.3 Å². The lowest BCUT2D eigenvalue weighted by Gasteiger charge is -2.14. The summed E-state index contributed by atoms with van der Waals surface area (Å²) in [4.78, 5) is 10.5. The molecule has 0 unspecified atom stereocenters. The van der Waals surface area contributed by atoms with E-state index in [9.17, 15) is 22.4 Å². The van der Waals surface area contributed by atoms with Gasteiger partial charge in [0.15, 0.2) is 0 Å². The Labute approximate surface area is 78.0 Å². The van der Waals surface area contributed by atoms with E-state index in [4.69, 9.17) is 0 Å². The first-order chi connectivity index (χ1) is 6.40. The summed E-state index contributed by atoms with van der Waals surface area (Å²) in [5, 5.41) is 0. The average Bonchev–Trinajstić information content (AvgIpc) is 2.04. The second kappa shape index (κ2) is 5.79. The topological polar surface area (TPSA) is 35.5 Å². The Balaban J connectivity index is 3.68. The minimum Gasteiger partial charge on any atom is -0.464 e. The summed E-state index contributed by atoms with van der Waals surface area (Å²) in [5.41, 5.74) is 0. The van der Waals surface area contributed by atoms with Gasteiger partial charge in [-0.05, 0) is 6.92 Å². The van der Waals surface area contributed by atoms with Gasteiger partial charge in [0.05, 0.1) is 6.61 Å². The SMILES string of the molecule is CCOC(=O)COCC(F)(F)C(F)F. The molecular weight excluding hydrogens is 208 g/mol. The van der Waals surface area contributed by atoms with Crippen molar-refractivity contribution in [2.75, 3.05) is 19.8 Å². The number of alkyl halides is 4. The number of carbonyl (C=O) groups excluding carboxylic acids is 1. The van der Waals surface area contributed by atoms with Crippen LogP contribution in [0.5, 0.6) is 0 Å². The minimum atomic E-state index is -4.23. The van der Waals surface area contributed by atoms with Crippen molar-refractivity contribution in [3.05, 3.63) is 0 Å². The molecule has 0 aliphatic rings. The van der Waals surface area contributed by atoms with E-state index in [1.54, 1.807) is 0 Å². The lowest BCUT2D eigenvalue weighted by atomic mass is 10.4. The molecule has 7 heteroatoms. The first kappa shape index (κ1) is 13.2. The highest BCUT2D eigenvalue weighted by atomic mass is 19.3. The Bertz CT molecular complexity index is 184. The monoisotopic (exact) mass is 218 g/mol. The molecule has 0 atom stereocenters. The Kier molecular flexibility index (Phi) is 5.44. The largest absolute Gasteiger partial charge is 0.464 e. The smallest absolute Gasteiger partial charge is 0.332 e. The summed E-state index contributed by atoms with van der Waals surface area (Å²) in [7, 11) is 0. The van der Waals surface area contributed by atoms with Gasteiger partial charge in [-0.25, -0.2) is 13.6 Å². The number of rotatable bonds is 6. The highest BCUT2D eigenvalue weighted by molar-refractivity contribution is 5.70.